The van der Waals surface area contributed by atoms with Crippen molar-refractivity contribution in [2.75, 3.05) is 19.4 Å². The lowest BCUT2D eigenvalue weighted by atomic mass is 10.3. The molecule has 0 fully saturated rings. The van der Waals surface area contributed by atoms with Crippen LogP contribution in [0.3, 0.4) is 0 Å². The van der Waals surface area contributed by atoms with Crippen LogP contribution < -0.4 is 5.32 Å². The zero-order valence-electron chi connectivity index (χ0n) is 13.3. The Bertz CT molecular complexity index is 834. The molecule has 0 spiro atoms. The summed E-state index contributed by atoms with van der Waals surface area (Å²) in [6, 6.07) is 1.92. The molecule has 0 bridgehead atoms. The average Bonchev–Trinajstić information content (AvgIpc) is 3.16. The smallest absolute Gasteiger partial charge is 0.254 e. The first-order valence-corrected chi connectivity index (χ1v) is 7.26. The average molecular weight is 314 g/mol. The van der Waals surface area contributed by atoms with Gasteiger partial charge < -0.3 is 10.2 Å². The predicted octanol–water partition coefficient (Wildman–Crippen LogP) is 0.715. The lowest BCUT2D eigenvalue weighted by molar-refractivity contribution is -0.129. The van der Waals surface area contributed by atoms with Gasteiger partial charge in [0, 0.05) is 32.1 Å². The number of aryl methyl sites for hydroxylation is 1. The molecule has 0 aromatic carbocycles. The van der Waals surface area contributed by atoms with E-state index in [0.717, 1.165) is 23.6 Å². The summed E-state index contributed by atoms with van der Waals surface area (Å²) >= 11 is 0. The third kappa shape index (κ3) is 3.12. The zero-order chi connectivity index (χ0) is 16.4. The van der Waals surface area contributed by atoms with Crippen LogP contribution in [0.4, 0.5) is 11.5 Å². The molecule has 3 rings (SSSR count). The summed E-state index contributed by atoms with van der Waals surface area (Å²) in [5, 5.41) is 11.6. The van der Waals surface area contributed by atoms with E-state index < -0.39 is 0 Å². The van der Waals surface area contributed by atoms with E-state index in [9.17, 15) is 4.79 Å². The zero-order valence-corrected chi connectivity index (χ0v) is 13.3. The molecule has 0 aliphatic carbocycles. The van der Waals surface area contributed by atoms with Crippen LogP contribution in [0.5, 0.6) is 0 Å². The fourth-order valence-corrected chi connectivity index (χ4v) is 2.07. The molecule has 0 atom stereocenters. The number of nitrogens with one attached hydrogen (secondary N) is 1. The van der Waals surface area contributed by atoms with Gasteiger partial charge in [-0.3, -0.25) is 9.48 Å². The number of fused-ring (bicyclic) bond motifs is 1. The van der Waals surface area contributed by atoms with Crippen LogP contribution in [0.15, 0.2) is 24.8 Å². The van der Waals surface area contributed by atoms with Crippen LogP contribution in [0.1, 0.15) is 12.6 Å². The fourth-order valence-electron chi connectivity index (χ4n) is 2.07. The van der Waals surface area contributed by atoms with Crippen LogP contribution in [-0.2, 0) is 17.8 Å². The van der Waals surface area contributed by atoms with Crippen molar-refractivity contribution in [1.29, 1.82) is 0 Å². The summed E-state index contributed by atoms with van der Waals surface area (Å²) in [6.07, 6.45) is 5.70. The van der Waals surface area contributed by atoms with Crippen LogP contribution >= 0.6 is 0 Å². The van der Waals surface area contributed by atoms with Gasteiger partial charge in [-0.15, -0.1) is 0 Å². The normalized spacial score (nSPS) is 10.9. The maximum absolute atomic E-state index is 11.7. The minimum Gasteiger partial charge on any atom is -0.347 e. The third-order valence-electron chi connectivity index (χ3n) is 3.37. The summed E-state index contributed by atoms with van der Waals surface area (Å²) in [4.78, 5) is 21.8. The molecule has 23 heavy (non-hydrogen) atoms. The van der Waals surface area contributed by atoms with Gasteiger partial charge in [-0.2, -0.15) is 19.7 Å². The lowest BCUT2D eigenvalue weighted by Crippen LogP contribution is -2.26. The number of carbonyl (C=O) groups is 1. The van der Waals surface area contributed by atoms with Crippen molar-refractivity contribution in [3.05, 3.63) is 30.5 Å². The second-order valence-electron chi connectivity index (χ2n) is 5.30. The van der Waals surface area contributed by atoms with E-state index in [1.54, 1.807) is 35.7 Å². The third-order valence-corrected chi connectivity index (χ3v) is 3.37. The van der Waals surface area contributed by atoms with Gasteiger partial charge in [0.15, 0.2) is 0 Å². The molecule has 3 aromatic heterocycles. The number of aromatic nitrogens is 6. The topological polar surface area (TPSA) is 93.2 Å². The van der Waals surface area contributed by atoms with E-state index in [-0.39, 0.29) is 12.5 Å². The van der Waals surface area contributed by atoms with Crippen molar-refractivity contribution in [2.45, 2.75) is 19.9 Å². The highest BCUT2D eigenvalue weighted by atomic mass is 16.2. The summed E-state index contributed by atoms with van der Waals surface area (Å²) in [6.45, 7) is 2.23. The first-order valence-electron chi connectivity index (χ1n) is 7.26. The number of nitrogens with zero attached hydrogens (tertiary/aromatic N) is 7. The minimum absolute atomic E-state index is 0.0181. The molecule has 1 amide bonds. The maximum Gasteiger partial charge on any atom is 0.254 e. The van der Waals surface area contributed by atoms with Gasteiger partial charge in [0.2, 0.25) is 5.91 Å². The Morgan fingerprint density at radius 1 is 1.35 bits per heavy atom. The molecular formula is C14H18N8O. The highest BCUT2D eigenvalue weighted by Gasteiger charge is 2.10. The molecule has 0 saturated heterocycles. The van der Waals surface area contributed by atoms with E-state index >= 15 is 0 Å². The van der Waals surface area contributed by atoms with E-state index in [4.69, 9.17) is 0 Å². The number of hydrogen-bond donors (Lipinski definition) is 1. The van der Waals surface area contributed by atoms with Gasteiger partial charge in [-0.1, -0.05) is 6.92 Å². The molecule has 0 aliphatic heterocycles. The number of amides is 1. The molecule has 0 saturated carbocycles. The molecule has 120 valence electrons. The Hall–Kier alpha value is -2.97. The predicted molar refractivity (Wildman–Crippen MR) is 84.4 cm³/mol. The number of carbonyl (C=O) groups excluding carboxylic acids is 1. The Balaban J connectivity index is 1.84. The molecule has 9 heteroatoms. The molecule has 0 unspecified atom stereocenters. The highest BCUT2D eigenvalue weighted by molar-refractivity contribution is 5.75. The standard InChI is InChI=1S/C14H18N8O/c1-4-10-5-12(22-14(19-10)15-9-17-22)18-11-6-16-21(7-11)8-13(23)20(2)3/h5-7,9,18H,4,8H2,1-3H3. The van der Waals surface area contributed by atoms with Gasteiger partial charge >= 0.3 is 0 Å². The lowest BCUT2D eigenvalue weighted by Gasteiger charge is -2.09. The van der Waals surface area contributed by atoms with Gasteiger partial charge in [0.1, 0.15) is 18.7 Å². The number of anilines is 2. The quantitative estimate of drug-likeness (QED) is 0.745. The van der Waals surface area contributed by atoms with E-state index in [1.807, 2.05) is 13.0 Å². The second-order valence-corrected chi connectivity index (χ2v) is 5.30. The second kappa shape index (κ2) is 6.03. The molecule has 9 nitrogen and oxygen atoms in total. The van der Waals surface area contributed by atoms with Gasteiger partial charge in [0.25, 0.3) is 5.78 Å². The number of likely N-dealkylation sites (N-methyl/N-ethyl adjacent to an activating group) is 1. The van der Waals surface area contributed by atoms with Crippen molar-refractivity contribution >= 4 is 23.2 Å². The van der Waals surface area contributed by atoms with Crippen LogP contribution in [-0.4, -0.2) is 54.3 Å². The van der Waals surface area contributed by atoms with Gasteiger partial charge in [-0.05, 0) is 6.42 Å². The molecule has 0 aliphatic rings. The molecule has 3 aromatic rings. The Morgan fingerprint density at radius 3 is 2.91 bits per heavy atom. The van der Waals surface area contributed by atoms with Crippen LogP contribution in [0.25, 0.3) is 5.78 Å². The van der Waals surface area contributed by atoms with Crippen molar-refractivity contribution in [2.24, 2.45) is 0 Å². The van der Waals surface area contributed by atoms with Crippen molar-refractivity contribution in [1.82, 2.24) is 34.3 Å². The summed E-state index contributed by atoms with van der Waals surface area (Å²) in [5.41, 5.74) is 1.68. The van der Waals surface area contributed by atoms with Crippen LogP contribution in [0, 0.1) is 0 Å². The van der Waals surface area contributed by atoms with E-state index in [2.05, 4.69) is 25.5 Å². The summed E-state index contributed by atoms with van der Waals surface area (Å²) in [7, 11) is 3.44. The number of rotatable bonds is 5. The molecule has 1 N–H and O–H groups in total. The summed E-state index contributed by atoms with van der Waals surface area (Å²) < 4.78 is 3.21. The fraction of sp³-hybridized carbons (Fsp3) is 0.357. The molecular weight excluding hydrogens is 296 g/mol. The van der Waals surface area contributed by atoms with Gasteiger partial charge in [0.05, 0.1) is 11.9 Å². The monoisotopic (exact) mass is 314 g/mol. The Labute approximate surface area is 133 Å². The highest BCUT2D eigenvalue weighted by Crippen LogP contribution is 2.17. The van der Waals surface area contributed by atoms with Crippen molar-refractivity contribution < 1.29 is 4.79 Å². The van der Waals surface area contributed by atoms with E-state index in [0.29, 0.717) is 5.78 Å². The maximum atomic E-state index is 11.7. The largest absolute Gasteiger partial charge is 0.347 e. The first-order chi connectivity index (χ1) is 11.1. The van der Waals surface area contributed by atoms with Crippen molar-refractivity contribution in [3.8, 4) is 0 Å². The minimum atomic E-state index is -0.0181. The van der Waals surface area contributed by atoms with E-state index in [1.165, 1.54) is 11.2 Å². The number of hydrogen-bond acceptors (Lipinski definition) is 6. The Morgan fingerprint density at radius 2 is 2.17 bits per heavy atom. The molecule has 0 radical (unpaired) electrons. The first kappa shape index (κ1) is 14.9. The van der Waals surface area contributed by atoms with Crippen molar-refractivity contribution in [3.63, 3.8) is 0 Å². The molecule has 3 heterocycles. The Kier molecular flexibility index (Phi) is 3.92. The van der Waals surface area contributed by atoms with Crippen LogP contribution in [0.2, 0.25) is 0 Å². The summed E-state index contributed by atoms with van der Waals surface area (Å²) in [5.74, 6) is 1.28. The van der Waals surface area contributed by atoms with Gasteiger partial charge in [-0.25, -0.2) is 4.98 Å². The SMILES string of the molecule is CCc1cc(Nc2cnn(CC(=O)N(C)C)c2)n2ncnc2n1.